The summed E-state index contributed by atoms with van der Waals surface area (Å²) in [5, 5.41) is 4.05. The summed E-state index contributed by atoms with van der Waals surface area (Å²) in [5.74, 6) is 1.07. The van der Waals surface area contributed by atoms with E-state index < -0.39 is 0 Å². The van der Waals surface area contributed by atoms with Gasteiger partial charge in [0.2, 0.25) is 0 Å². The van der Waals surface area contributed by atoms with Crippen LogP contribution in [0, 0.1) is 5.82 Å². The number of hydrogen-bond donors (Lipinski definition) is 1. The van der Waals surface area contributed by atoms with Gasteiger partial charge in [-0.15, -0.1) is 0 Å². The van der Waals surface area contributed by atoms with Crippen molar-refractivity contribution in [3.8, 4) is 22.8 Å². The number of aromatic nitrogens is 3. The zero-order valence-corrected chi connectivity index (χ0v) is 15.3. The lowest BCUT2D eigenvalue weighted by molar-refractivity contribution is 0.0785. The molecule has 1 aliphatic heterocycles. The van der Waals surface area contributed by atoms with Crippen molar-refractivity contribution in [1.29, 1.82) is 0 Å². The molecule has 1 atom stereocenters. The highest BCUT2D eigenvalue weighted by Gasteiger charge is 2.32. The van der Waals surface area contributed by atoms with Crippen LogP contribution in [0.15, 0.2) is 63.9 Å². The normalized spacial score (nSPS) is 16.4. The first-order valence-electron chi connectivity index (χ1n) is 9.28. The second kappa shape index (κ2) is 7.05. The molecule has 3 aromatic heterocycles. The molecule has 4 heterocycles. The number of nitrogens with zero attached hydrogens (tertiary/aromatic N) is 3. The molecule has 1 amide bonds. The van der Waals surface area contributed by atoms with Crippen molar-refractivity contribution in [3.63, 3.8) is 0 Å². The third kappa shape index (κ3) is 3.33. The Bertz CT molecular complexity index is 1130. The number of furan rings is 1. The van der Waals surface area contributed by atoms with Crippen LogP contribution in [0.1, 0.15) is 28.7 Å². The minimum Gasteiger partial charge on any atom is -0.459 e. The monoisotopic (exact) mass is 392 g/mol. The average molecular weight is 392 g/mol. The fourth-order valence-corrected chi connectivity index (χ4v) is 3.55. The Hall–Kier alpha value is -3.68. The Balaban J connectivity index is 1.28. The summed E-state index contributed by atoms with van der Waals surface area (Å²) in [6, 6.07) is 11.5. The molecule has 7 nitrogen and oxygen atoms in total. The Labute approximate surface area is 165 Å². The van der Waals surface area contributed by atoms with Crippen molar-refractivity contribution in [2.75, 3.05) is 13.1 Å². The third-order valence-corrected chi connectivity index (χ3v) is 5.11. The van der Waals surface area contributed by atoms with Gasteiger partial charge in [0.25, 0.3) is 11.8 Å². The second-order valence-corrected chi connectivity index (χ2v) is 6.98. The second-order valence-electron chi connectivity index (χ2n) is 6.98. The van der Waals surface area contributed by atoms with Crippen LogP contribution in [-0.4, -0.2) is 39.0 Å². The molecule has 1 aliphatic rings. The third-order valence-electron chi connectivity index (χ3n) is 5.11. The van der Waals surface area contributed by atoms with Gasteiger partial charge in [-0.2, -0.15) is 4.98 Å². The van der Waals surface area contributed by atoms with Gasteiger partial charge in [0.1, 0.15) is 11.5 Å². The molecule has 0 radical (unpaired) electrons. The molecule has 1 N–H and O–H groups in total. The van der Waals surface area contributed by atoms with Crippen LogP contribution in [-0.2, 0) is 0 Å². The first kappa shape index (κ1) is 17.4. The summed E-state index contributed by atoms with van der Waals surface area (Å²) in [6.07, 6.45) is 4.06. The molecule has 1 saturated heterocycles. The minimum absolute atomic E-state index is 0.0120. The molecule has 146 valence electrons. The van der Waals surface area contributed by atoms with Gasteiger partial charge in [-0.3, -0.25) is 4.79 Å². The van der Waals surface area contributed by atoms with Gasteiger partial charge < -0.3 is 18.8 Å². The molecule has 0 saturated carbocycles. The lowest BCUT2D eigenvalue weighted by Gasteiger charge is -2.14. The van der Waals surface area contributed by atoms with Crippen LogP contribution in [0.4, 0.5) is 4.39 Å². The van der Waals surface area contributed by atoms with E-state index in [1.807, 2.05) is 0 Å². The van der Waals surface area contributed by atoms with E-state index in [0.717, 1.165) is 17.5 Å². The quantitative estimate of drug-likeness (QED) is 0.565. The van der Waals surface area contributed by atoms with Crippen LogP contribution < -0.4 is 0 Å². The van der Waals surface area contributed by atoms with Gasteiger partial charge in [0, 0.05) is 25.2 Å². The average Bonchev–Trinajstić information content (AvgIpc) is 3.54. The predicted molar refractivity (Wildman–Crippen MR) is 101 cm³/mol. The molecule has 4 aromatic rings. The first-order chi connectivity index (χ1) is 14.2. The largest absolute Gasteiger partial charge is 0.459 e. The number of H-pyrrole nitrogens is 1. The zero-order valence-electron chi connectivity index (χ0n) is 15.3. The first-order valence-corrected chi connectivity index (χ1v) is 9.28. The van der Waals surface area contributed by atoms with Crippen LogP contribution in [0.5, 0.6) is 0 Å². The Morgan fingerprint density at radius 2 is 2.07 bits per heavy atom. The number of likely N-dealkylation sites (tertiary alicyclic amines) is 1. The lowest BCUT2D eigenvalue weighted by Crippen LogP contribution is -2.28. The summed E-state index contributed by atoms with van der Waals surface area (Å²) < 4.78 is 23.7. The maximum atomic E-state index is 13.1. The summed E-state index contributed by atoms with van der Waals surface area (Å²) in [6.45, 7) is 1.12. The van der Waals surface area contributed by atoms with Crippen LogP contribution in [0.3, 0.4) is 0 Å². The highest BCUT2D eigenvalue weighted by molar-refractivity contribution is 5.94. The van der Waals surface area contributed by atoms with E-state index in [1.54, 1.807) is 47.7 Å². The number of rotatable bonds is 4. The lowest BCUT2D eigenvalue weighted by atomic mass is 10.1. The molecule has 29 heavy (non-hydrogen) atoms. The van der Waals surface area contributed by atoms with Gasteiger partial charge in [-0.05, 0) is 47.9 Å². The van der Waals surface area contributed by atoms with Gasteiger partial charge in [-0.25, -0.2) is 4.39 Å². The molecule has 0 bridgehead atoms. The van der Waals surface area contributed by atoms with E-state index in [1.165, 1.54) is 12.1 Å². The van der Waals surface area contributed by atoms with Gasteiger partial charge in [-0.1, -0.05) is 17.3 Å². The van der Waals surface area contributed by atoms with Crippen molar-refractivity contribution < 1.29 is 18.1 Å². The number of amides is 1. The summed E-state index contributed by atoms with van der Waals surface area (Å²) in [4.78, 5) is 22.1. The van der Waals surface area contributed by atoms with Crippen molar-refractivity contribution in [1.82, 2.24) is 20.0 Å². The molecular formula is C21H17FN4O3. The molecule has 0 spiro atoms. The highest BCUT2D eigenvalue weighted by atomic mass is 19.1. The van der Waals surface area contributed by atoms with E-state index in [0.29, 0.717) is 36.3 Å². The maximum Gasteiger partial charge on any atom is 0.293 e. The van der Waals surface area contributed by atoms with E-state index in [4.69, 9.17) is 8.94 Å². The van der Waals surface area contributed by atoms with E-state index in [9.17, 15) is 9.18 Å². The summed E-state index contributed by atoms with van der Waals surface area (Å²) in [5.41, 5.74) is 2.18. The Kier molecular flexibility index (Phi) is 4.23. The highest BCUT2D eigenvalue weighted by Crippen LogP contribution is 2.29. The molecule has 1 unspecified atom stereocenters. The van der Waals surface area contributed by atoms with E-state index in [2.05, 4.69) is 15.1 Å². The molecular weight excluding hydrogens is 375 g/mol. The van der Waals surface area contributed by atoms with Crippen molar-refractivity contribution in [3.05, 3.63) is 72.3 Å². The number of nitrogens with one attached hydrogen (secondary N) is 1. The maximum absolute atomic E-state index is 13.1. The predicted octanol–water partition coefficient (Wildman–Crippen LogP) is 4.09. The number of carbonyl (C=O) groups excluding carboxylic acids is 1. The summed E-state index contributed by atoms with van der Waals surface area (Å²) in [7, 11) is 0. The standard InChI is InChI=1S/C21H17FN4O3/c22-16-5-3-13(4-6-16)15-10-17(23-11-15)21(27)26-8-7-14(12-26)19-24-20(29-25-19)18-2-1-9-28-18/h1-6,9-11,14,23H,7-8,12H2. The van der Waals surface area contributed by atoms with Crippen molar-refractivity contribution >= 4 is 5.91 Å². The Morgan fingerprint density at radius 3 is 2.86 bits per heavy atom. The van der Waals surface area contributed by atoms with Crippen molar-refractivity contribution in [2.24, 2.45) is 0 Å². The van der Waals surface area contributed by atoms with E-state index in [-0.39, 0.29) is 17.6 Å². The topological polar surface area (TPSA) is 88.2 Å². The van der Waals surface area contributed by atoms with Gasteiger partial charge >= 0.3 is 0 Å². The number of halogens is 1. The summed E-state index contributed by atoms with van der Waals surface area (Å²) >= 11 is 0. The number of benzene rings is 1. The molecule has 0 aliphatic carbocycles. The fourth-order valence-electron chi connectivity index (χ4n) is 3.55. The van der Waals surface area contributed by atoms with Gasteiger partial charge in [0.15, 0.2) is 11.6 Å². The van der Waals surface area contributed by atoms with E-state index >= 15 is 0 Å². The van der Waals surface area contributed by atoms with Crippen LogP contribution in [0.25, 0.3) is 22.8 Å². The fraction of sp³-hybridized carbons (Fsp3) is 0.190. The molecule has 1 aromatic carbocycles. The SMILES string of the molecule is O=C(c1cc(-c2ccc(F)cc2)c[nH]1)N1CCC(c2noc(-c3ccco3)n2)C1. The van der Waals surface area contributed by atoms with Crippen LogP contribution in [0.2, 0.25) is 0 Å². The van der Waals surface area contributed by atoms with Crippen molar-refractivity contribution in [2.45, 2.75) is 12.3 Å². The molecule has 8 heteroatoms. The number of hydrogen-bond acceptors (Lipinski definition) is 5. The molecule has 5 rings (SSSR count). The number of aromatic amines is 1. The van der Waals surface area contributed by atoms with Gasteiger partial charge in [0.05, 0.1) is 6.26 Å². The molecule has 1 fully saturated rings. The minimum atomic E-state index is -0.291. The number of carbonyl (C=O) groups is 1. The Morgan fingerprint density at radius 1 is 1.21 bits per heavy atom. The smallest absolute Gasteiger partial charge is 0.293 e. The van der Waals surface area contributed by atoms with Crippen LogP contribution >= 0.6 is 0 Å². The zero-order chi connectivity index (χ0) is 19.8.